The molecule has 1 atom stereocenters. The molecule has 1 aromatic carbocycles. The van der Waals surface area contributed by atoms with E-state index in [1.54, 1.807) is 0 Å². The van der Waals surface area contributed by atoms with Gasteiger partial charge in [0.15, 0.2) is 0 Å². The van der Waals surface area contributed by atoms with Crippen molar-refractivity contribution >= 4 is 22.8 Å². The summed E-state index contributed by atoms with van der Waals surface area (Å²) in [7, 11) is 0. The Balaban J connectivity index is 1.48. The summed E-state index contributed by atoms with van der Waals surface area (Å²) in [5.41, 5.74) is 2.08. The second-order valence-corrected chi connectivity index (χ2v) is 7.65. The van der Waals surface area contributed by atoms with Gasteiger partial charge in [-0.25, -0.2) is 4.79 Å². The number of ether oxygens (including phenoxy) is 1. The Bertz CT molecular complexity index is 822. The van der Waals surface area contributed by atoms with Gasteiger partial charge < -0.3 is 25.3 Å². The fourth-order valence-electron chi connectivity index (χ4n) is 4.11. The van der Waals surface area contributed by atoms with Gasteiger partial charge in [0.25, 0.3) is 0 Å². The van der Waals surface area contributed by atoms with E-state index < -0.39 is 6.04 Å². The van der Waals surface area contributed by atoms with Crippen molar-refractivity contribution in [3.8, 4) is 0 Å². The zero-order valence-corrected chi connectivity index (χ0v) is 16.1. The zero-order valence-electron chi connectivity index (χ0n) is 16.1. The number of urea groups is 1. The Hall–Kier alpha value is -2.54. The number of amides is 3. The van der Waals surface area contributed by atoms with Gasteiger partial charge in [0.1, 0.15) is 6.04 Å². The minimum absolute atomic E-state index is 0.00455. The Kier molecular flexibility index (Phi) is 5.81. The molecule has 3 heterocycles. The van der Waals surface area contributed by atoms with Crippen molar-refractivity contribution in [3.05, 3.63) is 36.0 Å². The highest BCUT2D eigenvalue weighted by Crippen LogP contribution is 2.20. The van der Waals surface area contributed by atoms with E-state index in [0.717, 1.165) is 55.2 Å². The number of hydrogen-bond acceptors (Lipinski definition) is 3. The number of carbonyl (C=O) groups is 2. The molecule has 3 amide bonds. The fourth-order valence-corrected chi connectivity index (χ4v) is 4.11. The van der Waals surface area contributed by atoms with Crippen LogP contribution in [-0.2, 0) is 16.0 Å². The van der Waals surface area contributed by atoms with E-state index in [2.05, 4.69) is 15.6 Å². The van der Waals surface area contributed by atoms with Crippen molar-refractivity contribution in [2.24, 2.45) is 0 Å². The van der Waals surface area contributed by atoms with E-state index in [-0.39, 0.29) is 18.0 Å². The predicted molar refractivity (Wildman–Crippen MR) is 107 cm³/mol. The number of benzene rings is 1. The first-order chi connectivity index (χ1) is 13.7. The maximum Gasteiger partial charge on any atom is 0.315 e. The van der Waals surface area contributed by atoms with E-state index in [4.69, 9.17) is 4.74 Å². The van der Waals surface area contributed by atoms with E-state index in [1.807, 2.05) is 35.4 Å². The summed E-state index contributed by atoms with van der Waals surface area (Å²) in [6.07, 6.45) is 6.08. The average Bonchev–Trinajstić information content (AvgIpc) is 3.38. The third-order valence-corrected chi connectivity index (χ3v) is 5.68. The van der Waals surface area contributed by atoms with Crippen LogP contribution in [0.25, 0.3) is 10.9 Å². The molecule has 1 unspecified atom stereocenters. The Morgan fingerprint density at radius 1 is 1.18 bits per heavy atom. The summed E-state index contributed by atoms with van der Waals surface area (Å²) in [5, 5.41) is 7.04. The maximum atomic E-state index is 13.1. The lowest BCUT2D eigenvalue weighted by Gasteiger charge is -2.27. The Morgan fingerprint density at radius 2 is 1.93 bits per heavy atom. The predicted octanol–water partition coefficient (Wildman–Crippen LogP) is 2.18. The first kappa shape index (κ1) is 18.8. The smallest absolute Gasteiger partial charge is 0.315 e. The molecule has 0 aliphatic carbocycles. The van der Waals surface area contributed by atoms with Crippen LogP contribution in [0.5, 0.6) is 0 Å². The summed E-state index contributed by atoms with van der Waals surface area (Å²) in [4.78, 5) is 30.8. The highest BCUT2D eigenvalue weighted by Gasteiger charge is 2.29. The fraction of sp³-hybridized carbons (Fsp3) is 0.524. The van der Waals surface area contributed by atoms with Crippen LogP contribution in [0.2, 0.25) is 0 Å². The molecule has 2 aliphatic heterocycles. The third kappa shape index (κ3) is 4.30. The average molecular weight is 384 g/mol. The molecule has 0 spiro atoms. The minimum atomic E-state index is -0.572. The number of aromatic amines is 1. The molecule has 150 valence electrons. The number of H-pyrrole nitrogens is 1. The van der Waals surface area contributed by atoms with Crippen LogP contribution >= 0.6 is 0 Å². The molecule has 1 aromatic heterocycles. The van der Waals surface area contributed by atoms with Gasteiger partial charge in [-0.15, -0.1) is 0 Å². The first-order valence-electron chi connectivity index (χ1n) is 10.2. The van der Waals surface area contributed by atoms with Crippen LogP contribution in [0.4, 0.5) is 4.79 Å². The number of fused-ring (bicyclic) bond motifs is 1. The quantitative estimate of drug-likeness (QED) is 0.738. The molecule has 0 saturated carbocycles. The van der Waals surface area contributed by atoms with Crippen molar-refractivity contribution in [3.63, 3.8) is 0 Å². The molecule has 0 radical (unpaired) electrons. The summed E-state index contributed by atoms with van der Waals surface area (Å²) in [6, 6.07) is 7.28. The number of nitrogens with zero attached hydrogens (tertiary/aromatic N) is 1. The van der Waals surface area contributed by atoms with Crippen molar-refractivity contribution in [2.45, 2.75) is 44.2 Å². The Labute approximate surface area is 164 Å². The highest BCUT2D eigenvalue weighted by molar-refractivity contribution is 5.89. The van der Waals surface area contributed by atoms with Crippen LogP contribution in [-0.4, -0.2) is 60.2 Å². The van der Waals surface area contributed by atoms with Crippen LogP contribution in [0.1, 0.15) is 31.2 Å². The van der Waals surface area contributed by atoms with Crippen molar-refractivity contribution in [1.82, 2.24) is 20.5 Å². The number of carbonyl (C=O) groups excluding carboxylic acids is 2. The molecule has 2 aromatic rings. The largest absolute Gasteiger partial charge is 0.381 e. The van der Waals surface area contributed by atoms with Crippen molar-refractivity contribution in [2.75, 3.05) is 26.3 Å². The Morgan fingerprint density at radius 3 is 2.71 bits per heavy atom. The molecule has 7 heteroatoms. The lowest BCUT2D eigenvalue weighted by atomic mass is 10.0. The van der Waals surface area contributed by atoms with Gasteiger partial charge in [0.2, 0.25) is 5.91 Å². The van der Waals surface area contributed by atoms with Crippen LogP contribution < -0.4 is 10.6 Å². The summed E-state index contributed by atoms with van der Waals surface area (Å²) < 4.78 is 5.34. The molecule has 28 heavy (non-hydrogen) atoms. The summed E-state index contributed by atoms with van der Waals surface area (Å²) in [6.45, 7) is 2.87. The van der Waals surface area contributed by atoms with E-state index in [1.165, 1.54) is 0 Å². The van der Waals surface area contributed by atoms with Gasteiger partial charge in [-0.05, 0) is 37.3 Å². The molecule has 2 fully saturated rings. The number of nitrogens with one attached hydrogen (secondary N) is 3. The van der Waals surface area contributed by atoms with E-state index >= 15 is 0 Å². The van der Waals surface area contributed by atoms with Crippen LogP contribution in [0.3, 0.4) is 0 Å². The van der Waals surface area contributed by atoms with E-state index in [0.29, 0.717) is 19.6 Å². The van der Waals surface area contributed by atoms with Gasteiger partial charge in [-0.3, -0.25) is 4.79 Å². The topological polar surface area (TPSA) is 86.5 Å². The number of rotatable bonds is 5. The number of aromatic nitrogens is 1. The number of para-hydroxylation sites is 1. The van der Waals surface area contributed by atoms with Crippen molar-refractivity contribution < 1.29 is 14.3 Å². The molecule has 2 saturated heterocycles. The normalized spacial score (nSPS) is 18.9. The lowest BCUT2D eigenvalue weighted by molar-refractivity contribution is -0.132. The molecule has 0 bridgehead atoms. The van der Waals surface area contributed by atoms with Gasteiger partial charge in [-0.1, -0.05) is 18.2 Å². The molecular weight excluding hydrogens is 356 g/mol. The maximum absolute atomic E-state index is 13.1. The van der Waals surface area contributed by atoms with Crippen LogP contribution in [0, 0.1) is 0 Å². The van der Waals surface area contributed by atoms with Crippen molar-refractivity contribution in [1.29, 1.82) is 0 Å². The molecule has 4 rings (SSSR count). The van der Waals surface area contributed by atoms with Gasteiger partial charge in [-0.2, -0.15) is 0 Å². The minimum Gasteiger partial charge on any atom is -0.381 e. The first-order valence-corrected chi connectivity index (χ1v) is 10.2. The molecule has 2 aliphatic rings. The summed E-state index contributed by atoms with van der Waals surface area (Å²) in [5.74, 6) is 0.00455. The number of hydrogen-bond donors (Lipinski definition) is 3. The molecule has 7 nitrogen and oxygen atoms in total. The van der Waals surface area contributed by atoms with Gasteiger partial charge >= 0.3 is 6.03 Å². The lowest BCUT2D eigenvalue weighted by Crippen LogP contribution is -2.53. The SMILES string of the molecule is O=C(NC1CCOCC1)NC(Cc1c[nH]c2ccccc12)C(=O)N1CCCC1. The van der Waals surface area contributed by atoms with Gasteiger partial charge in [0, 0.05) is 55.9 Å². The second kappa shape index (κ2) is 8.65. The standard InChI is InChI=1S/C21H28N4O3/c26-20(25-9-3-4-10-25)19(24-21(27)23-16-7-11-28-12-8-16)13-15-14-22-18-6-2-1-5-17(15)18/h1-2,5-6,14,16,19,22H,3-4,7-13H2,(H2,23,24,27). The van der Waals surface area contributed by atoms with Crippen LogP contribution in [0.15, 0.2) is 30.5 Å². The zero-order chi connectivity index (χ0) is 19.3. The number of likely N-dealkylation sites (tertiary alicyclic amines) is 1. The monoisotopic (exact) mass is 384 g/mol. The molecule has 3 N–H and O–H groups in total. The van der Waals surface area contributed by atoms with Gasteiger partial charge in [0.05, 0.1) is 0 Å². The second-order valence-electron chi connectivity index (χ2n) is 7.65. The third-order valence-electron chi connectivity index (χ3n) is 5.68. The molecular formula is C21H28N4O3. The van der Waals surface area contributed by atoms with E-state index in [9.17, 15) is 9.59 Å². The summed E-state index contributed by atoms with van der Waals surface area (Å²) >= 11 is 0. The highest BCUT2D eigenvalue weighted by atomic mass is 16.5.